The van der Waals surface area contributed by atoms with Crippen molar-refractivity contribution in [1.29, 1.82) is 0 Å². The molecule has 0 amide bonds. The topological polar surface area (TPSA) is 131 Å². The number of piperidine rings is 1. The Kier molecular flexibility index (Phi) is 8.84. The molecule has 2 saturated heterocycles. The molecule has 6 rings (SSSR count). The van der Waals surface area contributed by atoms with Crippen LogP contribution < -0.4 is 20.7 Å². The zero-order chi connectivity index (χ0) is 34.4. The Bertz CT molecular complexity index is 1800. The molecule has 0 radical (unpaired) electrons. The van der Waals surface area contributed by atoms with E-state index in [0.717, 1.165) is 28.7 Å². The molecule has 0 aliphatic carbocycles. The van der Waals surface area contributed by atoms with Gasteiger partial charge in [0.05, 0.1) is 11.4 Å². The number of nitrogen functional groups attached to an aromatic ring is 1. The smallest absolute Gasteiger partial charge is 0.429 e. The minimum Gasteiger partial charge on any atom is -0.480 e. The van der Waals surface area contributed by atoms with E-state index in [2.05, 4.69) is 20.4 Å². The number of aromatic nitrogens is 4. The van der Waals surface area contributed by atoms with Crippen molar-refractivity contribution in [3.63, 3.8) is 0 Å². The summed E-state index contributed by atoms with van der Waals surface area (Å²) in [6.45, 7) is 8.83. The van der Waals surface area contributed by atoms with E-state index in [1.54, 1.807) is 31.3 Å². The normalized spacial score (nSPS) is 19.9. The van der Waals surface area contributed by atoms with Crippen LogP contribution in [0.2, 0.25) is 0 Å². The second kappa shape index (κ2) is 12.8. The van der Waals surface area contributed by atoms with Crippen LogP contribution in [0.5, 0.6) is 5.88 Å². The molecule has 4 aromatic rings. The number of nitrogens with one attached hydrogen (secondary N) is 1. The molecule has 4 N–H and O–H groups in total. The number of nitrogens with two attached hydrogens (primary N) is 1. The first-order valence-electron chi connectivity index (χ1n) is 16.1. The van der Waals surface area contributed by atoms with Crippen molar-refractivity contribution < 1.29 is 27.8 Å². The predicted octanol–water partition coefficient (Wildman–Crippen LogP) is 6.33. The highest BCUT2D eigenvalue weighted by molar-refractivity contribution is 5.74. The van der Waals surface area contributed by atoms with E-state index >= 15 is 0 Å². The number of ether oxygens (including phenoxy) is 1. The highest BCUT2D eigenvalue weighted by atomic mass is 19.4. The van der Waals surface area contributed by atoms with E-state index < -0.39 is 24.3 Å². The molecular weight excluding hydrogens is 623 g/mol. The van der Waals surface area contributed by atoms with Crippen LogP contribution >= 0.6 is 0 Å². The van der Waals surface area contributed by atoms with Crippen LogP contribution in [-0.2, 0) is 4.79 Å². The molecule has 0 bridgehead atoms. The summed E-state index contributed by atoms with van der Waals surface area (Å²) in [4.78, 5) is 22.0. The van der Waals surface area contributed by atoms with Crippen molar-refractivity contribution in [1.82, 2.24) is 25.1 Å². The van der Waals surface area contributed by atoms with Crippen molar-refractivity contribution in [3.05, 3.63) is 77.1 Å². The average Bonchev–Trinajstić information content (AvgIpc) is 3.62. The molecule has 1 spiro atoms. The summed E-state index contributed by atoms with van der Waals surface area (Å²) < 4.78 is 51.9. The molecule has 2 fully saturated rings. The SMILES string of the molecule is CCC1NC(C(=O)O)CC12CCN(c1cc(O[C@H](c3ccc(-c4cc(C)cc(C)c4)cc3-n3ccc(C)n3)C(F)(F)F)nc(N)n1)CC2. The molecule has 48 heavy (non-hydrogen) atoms. The van der Waals surface area contributed by atoms with Crippen LogP contribution in [0.1, 0.15) is 61.1 Å². The van der Waals surface area contributed by atoms with Gasteiger partial charge in [0.25, 0.3) is 0 Å². The Labute approximate surface area is 277 Å². The maximum absolute atomic E-state index is 14.9. The summed E-state index contributed by atoms with van der Waals surface area (Å²) in [6, 6.07) is 13.4. The first-order chi connectivity index (χ1) is 22.7. The molecular formula is C35H40F3N7O3. The van der Waals surface area contributed by atoms with E-state index in [4.69, 9.17) is 10.5 Å². The van der Waals surface area contributed by atoms with Gasteiger partial charge in [-0.15, -0.1) is 0 Å². The number of halogens is 3. The van der Waals surface area contributed by atoms with Gasteiger partial charge < -0.3 is 25.8 Å². The van der Waals surface area contributed by atoms with Gasteiger partial charge in [-0.05, 0) is 75.1 Å². The lowest BCUT2D eigenvalue weighted by Crippen LogP contribution is -2.46. The maximum atomic E-state index is 14.9. The molecule has 2 aliphatic heterocycles. The van der Waals surface area contributed by atoms with Gasteiger partial charge >= 0.3 is 12.1 Å². The lowest BCUT2D eigenvalue weighted by Gasteiger charge is -2.43. The second-order valence-corrected chi connectivity index (χ2v) is 13.1. The highest BCUT2D eigenvalue weighted by Gasteiger charge is 2.50. The number of aryl methyl sites for hydroxylation is 3. The summed E-state index contributed by atoms with van der Waals surface area (Å²) in [7, 11) is 0. The third-order valence-corrected chi connectivity index (χ3v) is 9.62. The third kappa shape index (κ3) is 6.69. The number of alkyl halides is 3. The summed E-state index contributed by atoms with van der Waals surface area (Å²) in [5.41, 5.74) is 10.3. The van der Waals surface area contributed by atoms with Crippen molar-refractivity contribution in [2.75, 3.05) is 23.7 Å². The monoisotopic (exact) mass is 663 g/mol. The van der Waals surface area contributed by atoms with Crippen molar-refractivity contribution in [3.8, 4) is 22.7 Å². The maximum Gasteiger partial charge on any atom is 0.429 e. The number of rotatable bonds is 8. The Balaban J connectivity index is 1.31. The van der Waals surface area contributed by atoms with Gasteiger partial charge in [-0.1, -0.05) is 48.4 Å². The highest BCUT2D eigenvalue weighted by Crippen LogP contribution is 2.46. The summed E-state index contributed by atoms with van der Waals surface area (Å²) in [5, 5.41) is 17.3. The Hall–Kier alpha value is -4.65. The van der Waals surface area contributed by atoms with E-state index in [1.165, 1.54) is 16.8 Å². The van der Waals surface area contributed by atoms with Crippen LogP contribution in [0.4, 0.5) is 24.9 Å². The molecule has 2 aromatic heterocycles. The number of anilines is 2. The fourth-order valence-electron chi connectivity index (χ4n) is 7.38. The van der Waals surface area contributed by atoms with E-state index in [1.807, 2.05) is 43.9 Å². The number of carbonyl (C=O) groups is 1. The number of carboxylic acid groups (broad SMARTS) is 1. The number of carboxylic acids is 1. The van der Waals surface area contributed by atoms with Gasteiger partial charge in [0, 0.05) is 37.0 Å². The van der Waals surface area contributed by atoms with Crippen LogP contribution in [0.25, 0.3) is 16.8 Å². The Morgan fingerprint density at radius 2 is 1.77 bits per heavy atom. The van der Waals surface area contributed by atoms with Gasteiger partial charge in [0.1, 0.15) is 11.9 Å². The van der Waals surface area contributed by atoms with Gasteiger partial charge in [-0.2, -0.15) is 28.2 Å². The quantitative estimate of drug-likeness (QED) is 0.198. The van der Waals surface area contributed by atoms with Gasteiger partial charge in [-0.3, -0.25) is 4.79 Å². The molecule has 10 nitrogen and oxygen atoms in total. The standard InChI is InChI=1S/C35H40F3N7O3/c1-5-28-34(19-26(40-28)32(46)47)9-12-44(13-10-34)29-18-30(42-33(39)41-29)48-31(35(36,37)38)25-7-6-23(24-15-20(2)14-21(3)16-24)17-27(25)45-11-8-22(4)43-45/h6-8,11,14-18,26,28,31,40H,5,9-10,12-13,19H2,1-4H3,(H,46,47)(H2,39,41,42)/t26?,28?,31-/m1/s1. The molecule has 13 heteroatoms. The fraction of sp³-hybridized carbons (Fsp3) is 0.429. The molecule has 3 atom stereocenters. The van der Waals surface area contributed by atoms with Crippen molar-refractivity contribution in [2.24, 2.45) is 5.41 Å². The van der Waals surface area contributed by atoms with E-state index in [-0.39, 0.29) is 34.5 Å². The number of benzene rings is 2. The van der Waals surface area contributed by atoms with Crippen molar-refractivity contribution >= 4 is 17.7 Å². The molecule has 4 heterocycles. The minimum absolute atomic E-state index is 0.0664. The molecule has 0 saturated carbocycles. The van der Waals surface area contributed by atoms with Crippen LogP contribution in [0, 0.1) is 26.2 Å². The van der Waals surface area contributed by atoms with E-state index in [9.17, 15) is 23.1 Å². The summed E-state index contributed by atoms with van der Waals surface area (Å²) in [6.07, 6.45) is -2.85. The van der Waals surface area contributed by atoms with Crippen molar-refractivity contribution in [2.45, 2.75) is 77.7 Å². The zero-order valence-electron chi connectivity index (χ0n) is 27.4. The molecule has 2 aromatic carbocycles. The van der Waals surface area contributed by atoms with Crippen LogP contribution in [0.3, 0.4) is 0 Å². The summed E-state index contributed by atoms with van der Waals surface area (Å²) in [5.74, 6) is -1.02. The third-order valence-electron chi connectivity index (χ3n) is 9.62. The van der Waals surface area contributed by atoms with Gasteiger partial charge in [0.2, 0.25) is 17.9 Å². The van der Waals surface area contributed by atoms with Crippen LogP contribution in [-0.4, -0.2) is 62.2 Å². The molecule has 2 unspecified atom stereocenters. The Morgan fingerprint density at radius 3 is 2.38 bits per heavy atom. The first kappa shape index (κ1) is 33.3. The number of aliphatic carboxylic acids is 1. The number of hydrogen-bond acceptors (Lipinski definition) is 8. The zero-order valence-corrected chi connectivity index (χ0v) is 27.4. The lowest BCUT2D eigenvalue weighted by atomic mass is 9.71. The molecule has 2 aliphatic rings. The molecule has 254 valence electrons. The summed E-state index contributed by atoms with van der Waals surface area (Å²) >= 11 is 0. The Morgan fingerprint density at radius 1 is 1.06 bits per heavy atom. The number of nitrogens with zero attached hydrogens (tertiary/aromatic N) is 5. The second-order valence-electron chi connectivity index (χ2n) is 13.1. The predicted molar refractivity (Wildman–Crippen MR) is 176 cm³/mol. The van der Waals surface area contributed by atoms with E-state index in [0.29, 0.717) is 43.9 Å². The first-order valence-corrected chi connectivity index (χ1v) is 16.1. The average molecular weight is 664 g/mol. The van der Waals surface area contributed by atoms with Gasteiger partial charge in [0.15, 0.2) is 0 Å². The fourth-order valence-corrected chi connectivity index (χ4v) is 7.38. The minimum atomic E-state index is -4.82. The number of hydrogen-bond donors (Lipinski definition) is 3. The van der Waals surface area contributed by atoms with Crippen LogP contribution in [0.15, 0.2) is 54.7 Å². The van der Waals surface area contributed by atoms with Gasteiger partial charge in [-0.25, -0.2) is 4.68 Å². The lowest BCUT2D eigenvalue weighted by molar-refractivity contribution is -0.198. The largest absolute Gasteiger partial charge is 0.480 e.